The lowest BCUT2D eigenvalue weighted by atomic mass is 9.94. The van der Waals surface area contributed by atoms with E-state index in [1.54, 1.807) is 11.3 Å². The predicted molar refractivity (Wildman–Crippen MR) is 120 cm³/mol. The average Bonchev–Trinajstić information content (AvgIpc) is 3.39. The molecule has 2 aromatic heterocycles. The molecule has 30 heavy (non-hydrogen) atoms. The number of nitrogens with zero attached hydrogens (tertiary/aromatic N) is 1. The molecule has 0 saturated heterocycles. The van der Waals surface area contributed by atoms with Gasteiger partial charge < -0.3 is 9.88 Å². The van der Waals surface area contributed by atoms with Crippen LogP contribution in [0.5, 0.6) is 0 Å². The van der Waals surface area contributed by atoms with Crippen molar-refractivity contribution >= 4 is 38.0 Å². The highest BCUT2D eigenvalue weighted by atomic mass is 32.1. The van der Waals surface area contributed by atoms with Crippen LogP contribution in [-0.4, -0.2) is 11.5 Å². The van der Waals surface area contributed by atoms with E-state index in [0.29, 0.717) is 5.52 Å². The van der Waals surface area contributed by atoms with Gasteiger partial charge in [-0.1, -0.05) is 30.3 Å². The molecule has 1 aliphatic rings. The summed E-state index contributed by atoms with van der Waals surface area (Å²) in [7, 11) is 0. The maximum atomic E-state index is 13.8. The van der Waals surface area contributed by atoms with E-state index in [1.807, 2.05) is 6.20 Å². The minimum Gasteiger partial charge on any atom is -0.365 e. The molecule has 5 aromatic rings. The molecule has 0 saturated carbocycles. The summed E-state index contributed by atoms with van der Waals surface area (Å²) in [6.07, 6.45) is 2.76. The Kier molecular flexibility index (Phi) is 3.93. The number of rotatable bonds is 2. The van der Waals surface area contributed by atoms with Crippen LogP contribution in [0.4, 0.5) is 14.5 Å². The van der Waals surface area contributed by atoms with Crippen molar-refractivity contribution in [2.45, 2.75) is 13.0 Å². The summed E-state index contributed by atoms with van der Waals surface area (Å²) >= 11 is 1.77. The third-order valence-electron chi connectivity index (χ3n) is 6.05. The summed E-state index contributed by atoms with van der Waals surface area (Å²) in [5, 5.41) is 4.13. The smallest absolute Gasteiger partial charge is 0.160 e. The molecule has 0 atom stereocenters. The normalized spacial score (nSPS) is 13.9. The maximum Gasteiger partial charge on any atom is 0.160 e. The van der Waals surface area contributed by atoms with Crippen molar-refractivity contribution in [1.82, 2.24) is 4.98 Å². The van der Waals surface area contributed by atoms with Crippen molar-refractivity contribution in [3.05, 3.63) is 88.9 Å². The van der Waals surface area contributed by atoms with Gasteiger partial charge in [0.15, 0.2) is 11.6 Å². The van der Waals surface area contributed by atoms with Gasteiger partial charge >= 0.3 is 0 Å². The summed E-state index contributed by atoms with van der Waals surface area (Å²) < 4.78 is 28.6. The third-order valence-corrected chi connectivity index (χ3v) is 6.93. The van der Waals surface area contributed by atoms with E-state index in [9.17, 15) is 8.78 Å². The molecule has 1 aliphatic heterocycles. The SMILES string of the molecule is Fc1cc2[nH]cc(N3CCc4cc(-c5ccc6ccsc6c5)ccc4C3)c2cc1F. The molecule has 6 rings (SSSR count). The fourth-order valence-corrected chi connectivity index (χ4v) is 5.26. The Morgan fingerprint density at radius 3 is 2.63 bits per heavy atom. The number of benzene rings is 3. The third kappa shape index (κ3) is 2.81. The number of hydrogen-bond acceptors (Lipinski definition) is 2. The monoisotopic (exact) mass is 416 g/mol. The van der Waals surface area contributed by atoms with E-state index in [4.69, 9.17) is 0 Å². The van der Waals surface area contributed by atoms with Crippen molar-refractivity contribution in [2.24, 2.45) is 0 Å². The van der Waals surface area contributed by atoms with Gasteiger partial charge in [0.05, 0.1) is 11.2 Å². The highest BCUT2D eigenvalue weighted by molar-refractivity contribution is 7.17. The van der Waals surface area contributed by atoms with Crippen LogP contribution in [0.2, 0.25) is 0 Å². The van der Waals surface area contributed by atoms with Crippen LogP contribution < -0.4 is 4.90 Å². The van der Waals surface area contributed by atoms with Crippen LogP contribution in [0.1, 0.15) is 11.1 Å². The molecule has 1 N–H and O–H groups in total. The largest absolute Gasteiger partial charge is 0.365 e. The first-order valence-electron chi connectivity index (χ1n) is 9.96. The molecule has 0 aliphatic carbocycles. The second-order valence-corrected chi connectivity index (χ2v) is 8.76. The van der Waals surface area contributed by atoms with Gasteiger partial charge in [-0.05, 0) is 57.6 Å². The second kappa shape index (κ2) is 6.67. The van der Waals surface area contributed by atoms with Crippen molar-refractivity contribution in [3.8, 4) is 11.1 Å². The Morgan fingerprint density at radius 2 is 1.70 bits per heavy atom. The van der Waals surface area contributed by atoms with Gasteiger partial charge in [-0.3, -0.25) is 0 Å². The van der Waals surface area contributed by atoms with Gasteiger partial charge in [0.1, 0.15) is 0 Å². The average molecular weight is 416 g/mol. The number of H-pyrrole nitrogens is 1. The van der Waals surface area contributed by atoms with Crippen molar-refractivity contribution in [1.29, 1.82) is 0 Å². The lowest BCUT2D eigenvalue weighted by Gasteiger charge is -2.30. The minimum atomic E-state index is -0.826. The number of halogens is 2. The van der Waals surface area contributed by atoms with Crippen LogP contribution in [-0.2, 0) is 13.0 Å². The summed E-state index contributed by atoms with van der Waals surface area (Å²) in [4.78, 5) is 5.31. The Labute approximate surface area is 176 Å². The Bertz CT molecular complexity index is 1420. The number of nitrogens with one attached hydrogen (secondary N) is 1. The van der Waals surface area contributed by atoms with E-state index < -0.39 is 11.6 Å². The molecule has 3 heterocycles. The molecule has 2 nitrogen and oxygen atoms in total. The molecule has 0 spiro atoms. The lowest BCUT2D eigenvalue weighted by molar-refractivity contribution is 0.511. The first-order chi connectivity index (χ1) is 14.7. The summed E-state index contributed by atoms with van der Waals surface area (Å²) in [5.74, 6) is -1.64. The summed E-state index contributed by atoms with van der Waals surface area (Å²) in [6, 6.07) is 18.0. The molecule has 0 fully saturated rings. The van der Waals surface area contributed by atoms with Gasteiger partial charge in [-0.2, -0.15) is 0 Å². The van der Waals surface area contributed by atoms with Gasteiger partial charge in [-0.15, -0.1) is 11.3 Å². The number of anilines is 1. The molecule has 0 unspecified atom stereocenters. The van der Waals surface area contributed by atoms with Crippen LogP contribution in [0.3, 0.4) is 0 Å². The van der Waals surface area contributed by atoms with E-state index in [1.165, 1.54) is 44.5 Å². The van der Waals surface area contributed by atoms with Gasteiger partial charge in [-0.25, -0.2) is 8.78 Å². The number of fused-ring (bicyclic) bond motifs is 3. The van der Waals surface area contributed by atoms with E-state index >= 15 is 0 Å². The van der Waals surface area contributed by atoms with Crippen LogP contribution in [0, 0.1) is 11.6 Å². The zero-order valence-electron chi connectivity index (χ0n) is 16.1. The second-order valence-electron chi connectivity index (χ2n) is 7.81. The van der Waals surface area contributed by atoms with Crippen molar-refractivity contribution in [2.75, 3.05) is 11.4 Å². The van der Waals surface area contributed by atoms with Gasteiger partial charge in [0.25, 0.3) is 0 Å². The van der Waals surface area contributed by atoms with Crippen LogP contribution in [0.25, 0.3) is 32.1 Å². The van der Waals surface area contributed by atoms with Crippen molar-refractivity contribution in [3.63, 3.8) is 0 Å². The fraction of sp³-hybridized carbons (Fsp3) is 0.120. The van der Waals surface area contributed by atoms with Crippen LogP contribution in [0.15, 0.2) is 66.2 Å². The van der Waals surface area contributed by atoms with Crippen molar-refractivity contribution < 1.29 is 8.78 Å². The van der Waals surface area contributed by atoms with E-state index in [0.717, 1.165) is 30.6 Å². The molecule has 0 amide bonds. The zero-order valence-corrected chi connectivity index (χ0v) is 16.9. The Morgan fingerprint density at radius 1 is 0.867 bits per heavy atom. The molecule has 148 valence electrons. The fourth-order valence-electron chi connectivity index (χ4n) is 4.44. The standard InChI is InChI=1S/C25H18F2N2S/c26-21-11-20-23(12-22(21)27)28-13-24(20)29-7-5-18-9-16(3-4-19(18)14-29)17-2-1-15-6-8-30-25(15)10-17/h1-4,6,8-13,28H,5,7,14H2. The Balaban J connectivity index is 1.33. The topological polar surface area (TPSA) is 19.0 Å². The summed E-state index contributed by atoms with van der Waals surface area (Å²) in [5.41, 5.74) is 6.65. The minimum absolute atomic E-state index is 0.619. The van der Waals surface area contributed by atoms with Gasteiger partial charge in [0.2, 0.25) is 0 Å². The molecule has 0 radical (unpaired) electrons. The first kappa shape index (κ1) is 17.7. The molecular weight excluding hydrogens is 398 g/mol. The molecule has 0 bridgehead atoms. The van der Waals surface area contributed by atoms with Gasteiger partial charge in [0, 0.05) is 35.4 Å². The summed E-state index contributed by atoms with van der Waals surface area (Å²) in [6.45, 7) is 1.60. The highest BCUT2D eigenvalue weighted by Gasteiger charge is 2.20. The zero-order chi connectivity index (χ0) is 20.2. The maximum absolute atomic E-state index is 13.8. The van der Waals surface area contributed by atoms with E-state index in [-0.39, 0.29) is 0 Å². The molecule has 3 aromatic carbocycles. The van der Waals surface area contributed by atoms with Crippen LogP contribution >= 0.6 is 11.3 Å². The lowest BCUT2D eigenvalue weighted by Crippen LogP contribution is -2.30. The predicted octanol–water partition coefficient (Wildman–Crippen LogP) is 6.89. The first-order valence-corrected chi connectivity index (χ1v) is 10.8. The number of aromatic nitrogens is 1. The molecule has 5 heteroatoms. The highest BCUT2D eigenvalue weighted by Crippen LogP contribution is 2.34. The number of aromatic amines is 1. The number of thiophene rings is 1. The Hall–Kier alpha value is -3.18. The number of hydrogen-bond donors (Lipinski definition) is 1. The van der Waals surface area contributed by atoms with E-state index in [2.05, 4.69) is 57.7 Å². The molecular formula is C25H18F2N2S. The quantitative estimate of drug-likeness (QED) is 0.332.